The average Bonchev–Trinajstić information content (AvgIpc) is 2.95. The van der Waals surface area contributed by atoms with E-state index in [9.17, 15) is 36.3 Å². The van der Waals surface area contributed by atoms with Gasteiger partial charge in [0.25, 0.3) is 5.92 Å². The van der Waals surface area contributed by atoms with Crippen molar-refractivity contribution in [3.05, 3.63) is 63.5 Å². The number of nitriles is 1. The standard InChI is InChI=1S/C21H17F4NO3S/c1-30(28,29)17-3-2-12(14-8-16(23)20(27)19(14)17)13-4-5-21(24,25)15-7-11(22)6-10(9-26)18(13)15/h2-3,6-7,13,16,20,27H,4-5,8H2,1H3/t13-,16-,20-/m1/s1. The molecule has 158 valence electrons. The van der Waals surface area contributed by atoms with Gasteiger partial charge in [-0.15, -0.1) is 0 Å². The van der Waals surface area contributed by atoms with E-state index in [4.69, 9.17) is 0 Å². The van der Waals surface area contributed by atoms with Crippen LogP contribution < -0.4 is 0 Å². The normalized spacial score (nSPS) is 24.8. The first-order valence-electron chi connectivity index (χ1n) is 9.25. The van der Waals surface area contributed by atoms with Crippen LogP contribution in [0.3, 0.4) is 0 Å². The zero-order chi connectivity index (χ0) is 22.0. The minimum Gasteiger partial charge on any atom is -0.385 e. The molecule has 0 fully saturated rings. The van der Waals surface area contributed by atoms with Crippen molar-refractivity contribution in [2.24, 2.45) is 0 Å². The van der Waals surface area contributed by atoms with Gasteiger partial charge in [-0.2, -0.15) is 5.26 Å². The number of sulfone groups is 1. The number of hydrogen-bond acceptors (Lipinski definition) is 4. The number of nitrogens with zero attached hydrogens (tertiary/aromatic N) is 1. The summed E-state index contributed by atoms with van der Waals surface area (Å²) < 4.78 is 81.6. The molecule has 30 heavy (non-hydrogen) atoms. The molecule has 4 nitrogen and oxygen atoms in total. The predicted octanol–water partition coefficient (Wildman–Crippen LogP) is 4.05. The highest BCUT2D eigenvalue weighted by Gasteiger charge is 2.45. The molecule has 3 atom stereocenters. The molecule has 0 unspecified atom stereocenters. The lowest BCUT2D eigenvalue weighted by molar-refractivity contribution is -0.0241. The van der Waals surface area contributed by atoms with Crippen LogP contribution in [-0.4, -0.2) is 26.0 Å². The Balaban J connectivity index is 2.00. The molecule has 1 N–H and O–H groups in total. The Morgan fingerprint density at radius 1 is 1.23 bits per heavy atom. The van der Waals surface area contributed by atoms with Crippen molar-refractivity contribution in [1.29, 1.82) is 5.26 Å². The van der Waals surface area contributed by atoms with E-state index < -0.39 is 51.8 Å². The van der Waals surface area contributed by atoms with Crippen molar-refractivity contribution in [1.82, 2.24) is 0 Å². The van der Waals surface area contributed by atoms with Gasteiger partial charge in [-0.05, 0) is 41.3 Å². The second-order valence-corrected chi connectivity index (χ2v) is 9.79. The molecule has 0 aliphatic heterocycles. The topological polar surface area (TPSA) is 78.2 Å². The van der Waals surface area contributed by atoms with Crippen LogP contribution in [0.5, 0.6) is 0 Å². The first-order valence-corrected chi connectivity index (χ1v) is 11.1. The molecule has 2 aliphatic carbocycles. The van der Waals surface area contributed by atoms with E-state index in [-0.39, 0.29) is 40.0 Å². The van der Waals surface area contributed by atoms with Gasteiger partial charge >= 0.3 is 0 Å². The minimum atomic E-state index is -3.78. The Labute approximate surface area is 170 Å². The molecule has 2 aromatic rings. The zero-order valence-corrected chi connectivity index (χ0v) is 16.6. The first-order chi connectivity index (χ1) is 14.0. The van der Waals surface area contributed by atoms with E-state index in [1.165, 1.54) is 12.1 Å². The summed E-state index contributed by atoms with van der Waals surface area (Å²) in [5, 5.41) is 19.7. The SMILES string of the molecule is CS(=O)(=O)c1ccc([C@H]2CCC(F)(F)c3cc(F)cc(C#N)c32)c2c1[C@H](O)[C@H](F)C2. The van der Waals surface area contributed by atoms with Crippen molar-refractivity contribution >= 4 is 9.84 Å². The van der Waals surface area contributed by atoms with Gasteiger partial charge < -0.3 is 5.11 Å². The van der Waals surface area contributed by atoms with Crippen LogP contribution >= 0.6 is 0 Å². The molecule has 0 saturated carbocycles. The summed E-state index contributed by atoms with van der Waals surface area (Å²) in [7, 11) is -3.78. The lowest BCUT2D eigenvalue weighted by atomic mass is 9.73. The van der Waals surface area contributed by atoms with Crippen LogP contribution in [0.4, 0.5) is 17.6 Å². The third-order valence-electron chi connectivity index (χ3n) is 5.92. The summed E-state index contributed by atoms with van der Waals surface area (Å²) in [6.07, 6.45) is -3.44. The van der Waals surface area contributed by atoms with Gasteiger partial charge in [-0.1, -0.05) is 6.07 Å². The smallest absolute Gasteiger partial charge is 0.273 e. The van der Waals surface area contributed by atoms with Gasteiger partial charge in [0.2, 0.25) is 0 Å². The second kappa shape index (κ2) is 6.79. The molecule has 2 aromatic carbocycles. The van der Waals surface area contributed by atoms with Crippen molar-refractivity contribution in [3.63, 3.8) is 0 Å². The molecular weight excluding hydrogens is 422 g/mol. The van der Waals surface area contributed by atoms with Crippen molar-refractivity contribution in [2.75, 3.05) is 6.26 Å². The van der Waals surface area contributed by atoms with E-state index in [1.54, 1.807) is 6.07 Å². The Morgan fingerprint density at radius 3 is 2.57 bits per heavy atom. The summed E-state index contributed by atoms with van der Waals surface area (Å²) >= 11 is 0. The molecule has 0 spiro atoms. The third-order valence-corrected chi connectivity index (χ3v) is 7.08. The monoisotopic (exact) mass is 439 g/mol. The van der Waals surface area contributed by atoms with E-state index >= 15 is 0 Å². The fraction of sp³-hybridized carbons (Fsp3) is 0.381. The maximum absolute atomic E-state index is 14.5. The summed E-state index contributed by atoms with van der Waals surface area (Å²) in [6, 6.07) is 6.00. The van der Waals surface area contributed by atoms with E-state index in [2.05, 4.69) is 0 Å². The first kappa shape index (κ1) is 20.8. The molecule has 0 saturated heterocycles. The highest BCUT2D eigenvalue weighted by Crippen LogP contribution is 2.51. The van der Waals surface area contributed by atoms with Gasteiger partial charge in [-0.25, -0.2) is 26.0 Å². The second-order valence-electron chi connectivity index (χ2n) is 7.80. The highest BCUT2D eigenvalue weighted by atomic mass is 32.2. The summed E-state index contributed by atoms with van der Waals surface area (Å²) in [6.45, 7) is 0. The fourth-order valence-electron chi connectivity index (χ4n) is 4.65. The Morgan fingerprint density at radius 2 is 1.93 bits per heavy atom. The van der Waals surface area contributed by atoms with Crippen LogP contribution in [0, 0.1) is 17.1 Å². The molecule has 0 bridgehead atoms. The van der Waals surface area contributed by atoms with Crippen LogP contribution in [0.1, 0.15) is 58.2 Å². The molecule has 0 amide bonds. The summed E-state index contributed by atoms with van der Waals surface area (Å²) in [5.41, 5.74) is -0.329. The molecule has 0 radical (unpaired) electrons. The fourth-order valence-corrected chi connectivity index (χ4v) is 5.61. The van der Waals surface area contributed by atoms with Crippen molar-refractivity contribution in [3.8, 4) is 6.07 Å². The molecule has 9 heteroatoms. The maximum atomic E-state index is 14.5. The van der Waals surface area contributed by atoms with Gasteiger partial charge in [0.15, 0.2) is 9.84 Å². The number of benzene rings is 2. The number of alkyl halides is 3. The Bertz CT molecular complexity index is 1200. The number of fused-ring (bicyclic) bond motifs is 2. The van der Waals surface area contributed by atoms with E-state index in [1.807, 2.05) is 0 Å². The number of aliphatic hydroxyl groups excluding tert-OH is 1. The Kier molecular flexibility index (Phi) is 4.71. The quantitative estimate of drug-likeness (QED) is 0.717. The molecule has 2 aliphatic rings. The van der Waals surface area contributed by atoms with Crippen LogP contribution in [0.2, 0.25) is 0 Å². The highest BCUT2D eigenvalue weighted by molar-refractivity contribution is 7.90. The van der Waals surface area contributed by atoms with Crippen LogP contribution in [0.15, 0.2) is 29.2 Å². The van der Waals surface area contributed by atoms with Gasteiger partial charge in [0.05, 0.1) is 16.5 Å². The van der Waals surface area contributed by atoms with E-state index in [0.717, 1.165) is 12.3 Å². The van der Waals surface area contributed by atoms with Crippen molar-refractivity contribution < 1.29 is 31.1 Å². The van der Waals surface area contributed by atoms with Gasteiger partial charge in [0.1, 0.15) is 18.1 Å². The molecule has 0 heterocycles. The largest absolute Gasteiger partial charge is 0.385 e. The molecule has 0 aromatic heterocycles. The predicted molar refractivity (Wildman–Crippen MR) is 99.2 cm³/mol. The lowest BCUT2D eigenvalue weighted by Crippen LogP contribution is -2.26. The van der Waals surface area contributed by atoms with E-state index in [0.29, 0.717) is 11.6 Å². The molecular formula is C21H17F4NO3S. The van der Waals surface area contributed by atoms with Gasteiger partial charge in [-0.3, -0.25) is 0 Å². The number of hydrogen-bond donors (Lipinski definition) is 1. The lowest BCUT2D eigenvalue weighted by Gasteiger charge is -2.33. The van der Waals surface area contributed by atoms with Crippen LogP contribution in [-0.2, 0) is 22.2 Å². The molecule has 4 rings (SSSR count). The number of halogens is 4. The zero-order valence-electron chi connectivity index (χ0n) is 15.8. The third kappa shape index (κ3) is 3.10. The summed E-state index contributed by atoms with van der Waals surface area (Å²) in [5.74, 6) is -5.07. The summed E-state index contributed by atoms with van der Waals surface area (Å²) in [4.78, 5) is -0.213. The Hall–Kier alpha value is -2.44. The average molecular weight is 439 g/mol. The van der Waals surface area contributed by atoms with Crippen LogP contribution in [0.25, 0.3) is 0 Å². The van der Waals surface area contributed by atoms with Gasteiger partial charge in [0, 0.05) is 36.1 Å². The number of rotatable bonds is 2. The van der Waals surface area contributed by atoms with Crippen molar-refractivity contribution in [2.45, 2.75) is 48.3 Å². The minimum absolute atomic E-state index is 0.0405. The number of aliphatic hydroxyl groups is 1. The maximum Gasteiger partial charge on any atom is 0.273 e.